The molecule has 2 rings (SSSR count). The number of rotatable bonds is 6. The van der Waals surface area contributed by atoms with Crippen LogP contribution in [-0.2, 0) is 0 Å². The van der Waals surface area contributed by atoms with Crippen molar-refractivity contribution in [2.24, 2.45) is 0 Å². The first-order chi connectivity index (χ1) is 9.67. The zero-order chi connectivity index (χ0) is 14.4. The van der Waals surface area contributed by atoms with E-state index in [2.05, 4.69) is 53.9 Å². The Morgan fingerprint density at radius 1 is 1.20 bits per heavy atom. The van der Waals surface area contributed by atoms with Crippen molar-refractivity contribution in [1.29, 1.82) is 5.26 Å². The summed E-state index contributed by atoms with van der Waals surface area (Å²) in [7, 11) is 0. The van der Waals surface area contributed by atoms with Gasteiger partial charge in [0, 0.05) is 10.6 Å². The summed E-state index contributed by atoms with van der Waals surface area (Å²) in [5.74, 6) is 0.940. The third-order valence-corrected chi connectivity index (χ3v) is 4.40. The van der Waals surface area contributed by atoms with Crippen molar-refractivity contribution in [3.8, 4) is 6.07 Å². The van der Waals surface area contributed by atoms with Crippen LogP contribution in [0.3, 0.4) is 0 Å². The van der Waals surface area contributed by atoms with Crippen LogP contribution in [0.5, 0.6) is 0 Å². The second-order valence-corrected chi connectivity index (χ2v) is 6.25. The van der Waals surface area contributed by atoms with Gasteiger partial charge in [-0.2, -0.15) is 5.26 Å². The first-order valence-corrected chi connectivity index (χ1v) is 7.93. The van der Waals surface area contributed by atoms with Gasteiger partial charge in [-0.3, -0.25) is 5.32 Å². The Bertz CT molecular complexity index is 618. The molecule has 20 heavy (non-hydrogen) atoms. The van der Waals surface area contributed by atoms with Gasteiger partial charge >= 0.3 is 0 Å². The van der Waals surface area contributed by atoms with E-state index in [-0.39, 0.29) is 0 Å². The molecule has 0 radical (unpaired) electrons. The largest absolute Gasteiger partial charge is 0.300 e. The molecule has 0 fully saturated rings. The molecule has 0 aromatic heterocycles. The van der Waals surface area contributed by atoms with Gasteiger partial charge in [-0.1, -0.05) is 37.3 Å². The van der Waals surface area contributed by atoms with Crippen LogP contribution in [0.2, 0.25) is 0 Å². The molecule has 0 saturated heterocycles. The van der Waals surface area contributed by atoms with E-state index in [4.69, 9.17) is 0 Å². The summed E-state index contributed by atoms with van der Waals surface area (Å²) in [5.41, 5.74) is -0.418. The second kappa shape index (κ2) is 6.78. The highest BCUT2D eigenvalue weighted by Gasteiger charge is 2.21. The molecule has 0 saturated carbocycles. The van der Waals surface area contributed by atoms with Crippen LogP contribution in [0, 0.1) is 11.3 Å². The van der Waals surface area contributed by atoms with Gasteiger partial charge in [0.05, 0.1) is 6.07 Å². The van der Waals surface area contributed by atoms with Gasteiger partial charge in [0.15, 0.2) is 0 Å². The van der Waals surface area contributed by atoms with Crippen molar-refractivity contribution >= 4 is 22.5 Å². The summed E-state index contributed by atoms with van der Waals surface area (Å²) in [6.45, 7) is 4.83. The molecule has 0 aliphatic heterocycles. The molecule has 1 atom stereocenters. The van der Waals surface area contributed by atoms with E-state index in [0.717, 1.165) is 18.7 Å². The number of thioether (sulfide) groups is 1. The van der Waals surface area contributed by atoms with Gasteiger partial charge in [0.1, 0.15) is 5.54 Å². The number of nitrogens with one attached hydrogen (secondary N) is 1. The first-order valence-electron chi connectivity index (χ1n) is 6.95. The van der Waals surface area contributed by atoms with Gasteiger partial charge in [0.2, 0.25) is 0 Å². The molecular weight excluding hydrogens is 264 g/mol. The van der Waals surface area contributed by atoms with E-state index in [1.807, 2.05) is 25.6 Å². The molecule has 2 nitrogen and oxygen atoms in total. The number of hydrogen-bond donors (Lipinski definition) is 1. The maximum absolute atomic E-state index is 9.23. The fourth-order valence-electron chi connectivity index (χ4n) is 2.20. The Balaban J connectivity index is 1.97. The maximum Gasteiger partial charge on any atom is 0.104 e. The smallest absolute Gasteiger partial charge is 0.104 e. The van der Waals surface area contributed by atoms with Crippen molar-refractivity contribution in [2.75, 3.05) is 12.3 Å². The Hall–Kier alpha value is -1.50. The monoisotopic (exact) mass is 284 g/mol. The van der Waals surface area contributed by atoms with Crippen molar-refractivity contribution < 1.29 is 0 Å². The molecular formula is C17H20N2S. The van der Waals surface area contributed by atoms with E-state index >= 15 is 0 Å². The lowest BCUT2D eigenvalue weighted by Crippen LogP contribution is -2.41. The molecule has 104 valence electrons. The normalized spacial score (nSPS) is 13.8. The van der Waals surface area contributed by atoms with Gasteiger partial charge < -0.3 is 0 Å². The van der Waals surface area contributed by atoms with Gasteiger partial charge in [0.25, 0.3) is 0 Å². The molecule has 0 spiro atoms. The summed E-state index contributed by atoms with van der Waals surface area (Å²) >= 11 is 1.81. The van der Waals surface area contributed by atoms with E-state index in [9.17, 15) is 5.26 Å². The molecule has 3 heteroatoms. The highest BCUT2D eigenvalue weighted by molar-refractivity contribution is 7.99. The number of nitriles is 1. The predicted octanol–water partition coefficient (Wildman–Crippen LogP) is 4.21. The SMILES string of the molecule is CCNC(C)(C#N)CCSc1ccc2ccccc2c1. The average molecular weight is 284 g/mol. The predicted molar refractivity (Wildman–Crippen MR) is 87.0 cm³/mol. The summed E-state index contributed by atoms with van der Waals surface area (Å²) < 4.78 is 0. The van der Waals surface area contributed by atoms with Crippen LogP contribution in [0.4, 0.5) is 0 Å². The maximum atomic E-state index is 9.23. The van der Waals surface area contributed by atoms with E-state index < -0.39 is 5.54 Å². The van der Waals surface area contributed by atoms with Gasteiger partial charge in [-0.15, -0.1) is 11.8 Å². The summed E-state index contributed by atoms with van der Waals surface area (Å²) in [4.78, 5) is 1.26. The van der Waals surface area contributed by atoms with Gasteiger partial charge in [-0.05, 0) is 42.8 Å². The fourth-order valence-corrected chi connectivity index (χ4v) is 3.32. The zero-order valence-electron chi connectivity index (χ0n) is 12.0. The number of benzene rings is 2. The molecule has 0 amide bonds. The average Bonchev–Trinajstić information content (AvgIpc) is 2.47. The summed E-state index contributed by atoms with van der Waals surface area (Å²) in [6, 6.07) is 17.3. The Morgan fingerprint density at radius 2 is 1.95 bits per heavy atom. The van der Waals surface area contributed by atoms with Crippen LogP contribution in [0.25, 0.3) is 10.8 Å². The van der Waals surface area contributed by atoms with Crippen molar-refractivity contribution in [2.45, 2.75) is 30.7 Å². The number of nitrogens with zero attached hydrogens (tertiary/aromatic N) is 1. The van der Waals surface area contributed by atoms with Crippen LogP contribution >= 0.6 is 11.8 Å². The first kappa shape index (κ1) is 14.9. The highest BCUT2D eigenvalue weighted by Crippen LogP contribution is 2.25. The molecule has 0 aliphatic carbocycles. The molecule has 0 aliphatic rings. The van der Waals surface area contributed by atoms with Crippen LogP contribution in [0.1, 0.15) is 20.3 Å². The Morgan fingerprint density at radius 3 is 2.65 bits per heavy atom. The molecule has 0 heterocycles. The fraction of sp³-hybridized carbons (Fsp3) is 0.353. The minimum Gasteiger partial charge on any atom is -0.300 e. The Labute approximate surface area is 125 Å². The van der Waals surface area contributed by atoms with Crippen LogP contribution in [-0.4, -0.2) is 17.8 Å². The van der Waals surface area contributed by atoms with E-state index in [1.54, 1.807) is 0 Å². The molecule has 1 N–H and O–H groups in total. The molecule has 2 aromatic carbocycles. The highest BCUT2D eigenvalue weighted by atomic mass is 32.2. The topological polar surface area (TPSA) is 35.8 Å². The molecule has 0 bridgehead atoms. The molecule has 1 unspecified atom stereocenters. The number of hydrogen-bond acceptors (Lipinski definition) is 3. The Kier molecular flexibility index (Phi) is 5.05. The van der Waals surface area contributed by atoms with Crippen LogP contribution in [0.15, 0.2) is 47.4 Å². The third kappa shape index (κ3) is 3.75. The lowest BCUT2D eigenvalue weighted by atomic mass is 10.0. The van der Waals surface area contributed by atoms with E-state index in [1.165, 1.54) is 15.7 Å². The van der Waals surface area contributed by atoms with Gasteiger partial charge in [-0.25, -0.2) is 0 Å². The van der Waals surface area contributed by atoms with Crippen molar-refractivity contribution in [3.05, 3.63) is 42.5 Å². The third-order valence-electron chi connectivity index (χ3n) is 3.41. The minimum atomic E-state index is -0.418. The number of fused-ring (bicyclic) bond motifs is 1. The standard InChI is InChI=1S/C17H20N2S/c1-3-19-17(2,13-18)10-11-20-16-9-8-14-6-4-5-7-15(14)12-16/h4-9,12,19H,3,10-11H2,1-2H3. The summed E-state index contributed by atoms with van der Waals surface area (Å²) in [5, 5.41) is 15.0. The summed E-state index contributed by atoms with van der Waals surface area (Å²) in [6.07, 6.45) is 0.842. The zero-order valence-corrected chi connectivity index (χ0v) is 12.8. The second-order valence-electron chi connectivity index (χ2n) is 5.08. The van der Waals surface area contributed by atoms with Crippen molar-refractivity contribution in [3.63, 3.8) is 0 Å². The van der Waals surface area contributed by atoms with E-state index in [0.29, 0.717) is 0 Å². The lowest BCUT2D eigenvalue weighted by Gasteiger charge is -2.22. The lowest BCUT2D eigenvalue weighted by molar-refractivity contribution is 0.450. The van der Waals surface area contributed by atoms with Crippen molar-refractivity contribution in [1.82, 2.24) is 5.32 Å². The minimum absolute atomic E-state index is 0.418. The molecule has 2 aromatic rings. The van der Waals surface area contributed by atoms with Crippen LogP contribution < -0.4 is 5.32 Å². The quantitative estimate of drug-likeness (QED) is 0.807.